The third kappa shape index (κ3) is 10.5. The molecule has 0 aromatic rings. The van der Waals surface area contributed by atoms with Gasteiger partial charge in [0.15, 0.2) is 0 Å². The third-order valence-corrected chi connectivity index (χ3v) is 4.46. The van der Waals surface area contributed by atoms with Crippen molar-refractivity contribution in [3.63, 3.8) is 0 Å². The number of hydrogen-bond acceptors (Lipinski definition) is 1. The summed E-state index contributed by atoms with van der Waals surface area (Å²) in [5.41, 5.74) is 0.542. The molecule has 0 aliphatic carbocycles. The minimum absolute atomic E-state index is 0.378. The maximum atomic E-state index is 5.39. The van der Waals surface area contributed by atoms with Crippen LogP contribution in [0, 0.1) is 11.3 Å². The molecule has 0 saturated heterocycles. The highest BCUT2D eigenvalue weighted by Gasteiger charge is 2.16. The zero-order chi connectivity index (χ0) is 15.4. The normalized spacial score (nSPS) is 15.1. The molecule has 1 nitrogen and oxygen atoms in total. The topological polar surface area (TPSA) is 9.23 Å². The van der Waals surface area contributed by atoms with Crippen LogP contribution in [0.3, 0.4) is 0 Å². The Morgan fingerprint density at radius 3 is 2.40 bits per heavy atom. The molecule has 0 N–H and O–H groups in total. The van der Waals surface area contributed by atoms with E-state index < -0.39 is 0 Å². The lowest BCUT2D eigenvalue weighted by molar-refractivity contribution is 0.0932. The van der Waals surface area contributed by atoms with E-state index >= 15 is 0 Å². The molecule has 120 valence electrons. The van der Waals surface area contributed by atoms with Gasteiger partial charge >= 0.3 is 0 Å². The van der Waals surface area contributed by atoms with Crippen molar-refractivity contribution in [3.8, 4) is 0 Å². The highest BCUT2D eigenvalue weighted by molar-refractivity contribution is 4.75. The van der Waals surface area contributed by atoms with Crippen molar-refractivity contribution in [2.75, 3.05) is 7.11 Å². The number of unbranched alkanes of at least 4 members (excludes halogenated alkanes) is 2. The molecule has 0 fully saturated rings. The third-order valence-electron chi connectivity index (χ3n) is 4.46. The summed E-state index contributed by atoms with van der Waals surface area (Å²) in [5.74, 6) is 0.756. The Kier molecular flexibility index (Phi) is 11.2. The van der Waals surface area contributed by atoms with Crippen LogP contribution in [0.4, 0.5) is 0 Å². The highest BCUT2D eigenvalue weighted by atomic mass is 16.5. The van der Waals surface area contributed by atoms with Crippen LogP contribution in [0.5, 0.6) is 0 Å². The first-order chi connectivity index (χ1) is 9.45. The van der Waals surface area contributed by atoms with Crippen molar-refractivity contribution in [2.45, 2.75) is 91.6 Å². The SMILES string of the molecule is C=CCC(CCCCCC(C)(C)CCC)C[C@H](C)OC. The van der Waals surface area contributed by atoms with Crippen molar-refractivity contribution in [1.29, 1.82) is 0 Å². The first-order valence-electron chi connectivity index (χ1n) is 8.59. The second-order valence-electron chi connectivity index (χ2n) is 7.19. The van der Waals surface area contributed by atoms with Gasteiger partial charge in [-0.1, -0.05) is 59.0 Å². The van der Waals surface area contributed by atoms with Crippen LogP contribution >= 0.6 is 0 Å². The summed E-state index contributed by atoms with van der Waals surface area (Å²) in [6.45, 7) is 13.2. The van der Waals surface area contributed by atoms with E-state index in [0.717, 1.165) is 12.3 Å². The predicted octanol–water partition coefficient (Wildman–Crippen LogP) is 6.38. The van der Waals surface area contributed by atoms with Crippen molar-refractivity contribution in [2.24, 2.45) is 11.3 Å². The van der Waals surface area contributed by atoms with E-state index in [1.54, 1.807) is 0 Å². The Balaban J connectivity index is 3.80. The van der Waals surface area contributed by atoms with E-state index in [2.05, 4.69) is 40.3 Å². The van der Waals surface area contributed by atoms with Gasteiger partial charge in [0.25, 0.3) is 0 Å². The Labute approximate surface area is 128 Å². The van der Waals surface area contributed by atoms with Crippen LogP contribution in [0.15, 0.2) is 12.7 Å². The summed E-state index contributed by atoms with van der Waals surface area (Å²) in [4.78, 5) is 0. The van der Waals surface area contributed by atoms with Crippen molar-refractivity contribution >= 4 is 0 Å². The van der Waals surface area contributed by atoms with E-state index in [-0.39, 0.29) is 0 Å². The number of allylic oxidation sites excluding steroid dienone is 1. The molecule has 0 aromatic heterocycles. The van der Waals surface area contributed by atoms with E-state index in [9.17, 15) is 0 Å². The van der Waals surface area contributed by atoms with E-state index in [4.69, 9.17) is 4.74 Å². The first kappa shape index (κ1) is 19.7. The summed E-state index contributed by atoms with van der Waals surface area (Å²) in [6.07, 6.45) is 14.2. The quantitative estimate of drug-likeness (QED) is 0.281. The Bertz CT molecular complexity index is 232. The maximum absolute atomic E-state index is 5.39. The lowest BCUT2D eigenvalue weighted by atomic mass is 9.82. The van der Waals surface area contributed by atoms with Gasteiger partial charge in [-0.05, 0) is 43.9 Å². The number of methoxy groups -OCH3 is 1. The highest BCUT2D eigenvalue weighted by Crippen LogP contribution is 2.29. The van der Waals surface area contributed by atoms with Gasteiger partial charge < -0.3 is 4.74 Å². The van der Waals surface area contributed by atoms with Gasteiger partial charge in [-0.15, -0.1) is 6.58 Å². The summed E-state index contributed by atoms with van der Waals surface area (Å²) >= 11 is 0. The molecule has 0 radical (unpaired) electrons. The van der Waals surface area contributed by atoms with Crippen molar-refractivity contribution in [1.82, 2.24) is 0 Å². The average molecular weight is 283 g/mol. The molecule has 0 aliphatic heterocycles. The standard InChI is InChI=1S/C19H38O/c1-7-12-18(16-17(3)20-6)13-10-9-11-15-19(4,5)14-8-2/h7,17-18H,1,8-16H2,2-6H3/t17-,18?/m0/s1. The second kappa shape index (κ2) is 11.4. The summed E-state index contributed by atoms with van der Waals surface area (Å²) < 4.78 is 5.39. The van der Waals surface area contributed by atoms with Gasteiger partial charge in [0.2, 0.25) is 0 Å². The Hall–Kier alpha value is -0.300. The number of hydrogen-bond donors (Lipinski definition) is 0. The molecule has 0 bridgehead atoms. The molecular weight excluding hydrogens is 244 g/mol. The molecular formula is C19H38O. The molecule has 0 rings (SSSR count). The fraction of sp³-hybridized carbons (Fsp3) is 0.895. The van der Waals surface area contributed by atoms with Crippen molar-refractivity contribution < 1.29 is 4.74 Å². The smallest absolute Gasteiger partial charge is 0.0546 e. The van der Waals surface area contributed by atoms with E-state index in [1.165, 1.54) is 51.4 Å². The number of rotatable bonds is 13. The molecule has 1 heteroatoms. The van der Waals surface area contributed by atoms with Gasteiger partial charge in [-0.3, -0.25) is 0 Å². The van der Waals surface area contributed by atoms with E-state index in [0.29, 0.717) is 11.5 Å². The van der Waals surface area contributed by atoms with Gasteiger partial charge in [-0.2, -0.15) is 0 Å². The van der Waals surface area contributed by atoms with Crippen molar-refractivity contribution in [3.05, 3.63) is 12.7 Å². The molecule has 0 spiro atoms. The van der Waals surface area contributed by atoms with Crippen LogP contribution in [-0.2, 0) is 4.74 Å². The zero-order valence-corrected chi connectivity index (χ0v) is 14.7. The lowest BCUT2D eigenvalue weighted by Crippen LogP contribution is -2.13. The largest absolute Gasteiger partial charge is 0.382 e. The Morgan fingerprint density at radius 2 is 1.85 bits per heavy atom. The van der Waals surface area contributed by atoms with Gasteiger partial charge in [0, 0.05) is 7.11 Å². The fourth-order valence-electron chi connectivity index (χ4n) is 3.15. The van der Waals surface area contributed by atoms with Gasteiger partial charge in [0.05, 0.1) is 6.10 Å². The number of ether oxygens (including phenoxy) is 1. The van der Waals surface area contributed by atoms with Crippen LogP contribution in [0.2, 0.25) is 0 Å². The summed E-state index contributed by atoms with van der Waals surface area (Å²) in [7, 11) is 1.81. The molecule has 2 atom stereocenters. The van der Waals surface area contributed by atoms with Crippen LogP contribution in [0.25, 0.3) is 0 Å². The second-order valence-corrected chi connectivity index (χ2v) is 7.19. The molecule has 0 amide bonds. The van der Waals surface area contributed by atoms with Gasteiger partial charge in [0.1, 0.15) is 0 Å². The molecule has 1 unspecified atom stereocenters. The first-order valence-corrected chi connectivity index (χ1v) is 8.59. The average Bonchev–Trinajstić information content (AvgIpc) is 2.38. The lowest BCUT2D eigenvalue weighted by Gasteiger charge is -2.24. The minimum atomic E-state index is 0.378. The predicted molar refractivity (Wildman–Crippen MR) is 91.2 cm³/mol. The Morgan fingerprint density at radius 1 is 1.15 bits per heavy atom. The van der Waals surface area contributed by atoms with E-state index in [1.807, 2.05) is 7.11 Å². The molecule has 0 aliphatic rings. The molecule has 0 aromatic carbocycles. The summed E-state index contributed by atoms with van der Waals surface area (Å²) in [6, 6.07) is 0. The monoisotopic (exact) mass is 282 g/mol. The molecule has 0 heterocycles. The summed E-state index contributed by atoms with van der Waals surface area (Å²) in [5, 5.41) is 0. The van der Waals surface area contributed by atoms with Crippen LogP contribution in [0.1, 0.15) is 85.5 Å². The maximum Gasteiger partial charge on any atom is 0.0546 e. The molecule has 20 heavy (non-hydrogen) atoms. The van der Waals surface area contributed by atoms with Gasteiger partial charge in [-0.25, -0.2) is 0 Å². The van der Waals surface area contributed by atoms with Crippen LogP contribution < -0.4 is 0 Å². The molecule has 0 saturated carbocycles. The minimum Gasteiger partial charge on any atom is -0.382 e. The van der Waals surface area contributed by atoms with Crippen LogP contribution in [-0.4, -0.2) is 13.2 Å². The fourth-order valence-corrected chi connectivity index (χ4v) is 3.15. The zero-order valence-electron chi connectivity index (χ0n) is 14.7.